The van der Waals surface area contributed by atoms with Gasteiger partial charge in [0.05, 0.1) is 25.8 Å². The Labute approximate surface area is 625 Å². The minimum Gasteiger partial charge on any atom is -0.481 e. The average Bonchev–Trinajstić information content (AvgIpc) is 1.23. The lowest BCUT2D eigenvalue weighted by Crippen LogP contribution is -2.62. The Morgan fingerprint density at radius 1 is 0.472 bits per heavy atom. The molecule has 3 aromatic rings. The zero-order valence-electron chi connectivity index (χ0n) is 61.9. The SMILES string of the molecule is CC[C@H](C)[C@@H](NC(=O)C(CC1CCCCC1)NC(=O)[C@H](CCC(=O)O)NC(=O)[C@H](Cc1ccccc1)NC(=O)[C@@H](CCN)NC(=O)[C@H](CCN)NC(=O)[C@H](CO)NC(=O)[C@@H](Cc1c[nH]c2ccccc12)NC(=O)[C@@H](CO)NC(=O)CNC(=O)[C@@H](CCN)NC(=O)[C@H](NC(=O)[C@H](C)N)C(C)C)C(=O)N[C@@H](C)C(=O)O. The number of hydrogen-bond donors (Lipinski definition) is 22. The zero-order chi connectivity index (χ0) is 80.3. The predicted octanol–water partition coefficient (Wildman–Crippen LogP) is -5.09. The third-order valence-electron chi connectivity index (χ3n) is 18.4. The van der Waals surface area contributed by atoms with Crippen LogP contribution < -0.4 is 92.1 Å². The molecule has 26 N–H and O–H groups in total. The number of aliphatic hydroxyl groups is 2. The molecule has 37 nitrogen and oxygen atoms in total. The molecule has 0 bridgehead atoms. The van der Waals surface area contributed by atoms with E-state index in [0.717, 1.165) is 19.3 Å². The van der Waals surface area contributed by atoms with Crippen LogP contribution in [0.2, 0.25) is 0 Å². The maximum absolute atomic E-state index is 14.7. The molecule has 1 aliphatic rings. The summed E-state index contributed by atoms with van der Waals surface area (Å²) in [6.45, 7) is 5.80. The van der Waals surface area contributed by atoms with Crippen molar-refractivity contribution in [1.82, 2.24) is 74.1 Å². The summed E-state index contributed by atoms with van der Waals surface area (Å²) in [5.41, 5.74) is 24.8. The summed E-state index contributed by atoms with van der Waals surface area (Å²) in [6, 6.07) is -3.87. The van der Waals surface area contributed by atoms with E-state index in [0.29, 0.717) is 41.3 Å². The largest absolute Gasteiger partial charge is 0.481 e. The molecule has 4 rings (SSSR count). The van der Waals surface area contributed by atoms with E-state index < -0.39 is 212 Å². The number of rotatable bonds is 47. The fourth-order valence-electron chi connectivity index (χ4n) is 11.9. The van der Waals surface area contributed by atoms with Gasteiger partial charge in [-0.25, -0.2) is 0 Å². The molecule has 1 aliphatic carbocycles. The zero-order valence-corrected chi connectivity index (χ0v) is 61.9. The minimum atomic E-state index is -1.87. The van der Waals surface area contributed by atoms with Crippen LogP contribution in [0.3, 0.4) is 0 Å². The van der Waals surface area contributed by atoms with Gasteiger partial charge in [-0.05, 0) is 101 Å². The molecule has 14 atom stereocenters. The lowest BCUT2D eigenvalue weighted by Gasteiger charge is -2.31. The maximum atomic E-state index is 14.7. The number of para-hydroxylation sites is 1. The van der Waals surface area contributed by atoms with Gasteiger partial charge in [-0.3, -0.25) is 71.9 Å². The highest BCUT2D eigenvalue weighted by atomic mass is 16.4. The van der Waals surface area contributed by atoms with E-state index in [9.17, 15) is 92.3 Å². The van der Waals surface area contributed by atoms with E-state index in [1.54, 1.807) is 88.5 Å². The lowest BCUT2D eigenvalue weighted by molar-refractivity contribution is -0.142. The van der Waals surface area contributed by atoms with E-state index in [1.807, 2.05) is 0 Å². The van der Waals surface area contributed by atoms with E-state index in [4.69, 9.17) is 22.9 Å². The number of aromatic nitrogens is 1. The molecule has 1 saturated carbocycles. The third-order valence-corrected chi connectivity index (χ3v) is 18.4. The van der Waals surface area contributed by atoms with Crippen LogP contribution in [0.25, 0.3) is 10.9 Å². The first-order valence-electron chi connectivity index (χ1n) is 36.3. The number of carboxylic acids is 2. The second-order valence-electron chi connectivity index (χ2n) is 27.3. The molecule has 13 amide bonds. The average molecular weight is 1520 g/mol. The van der Waals surface area contributed by atoms with Crippen molar-refractivity contribution in [3.8, 4) is 0 Å². The molecule has 1 heterocycles. The van der Waals surface area contributed by atoms with Gasteiger partial charge in [-0.2, -0.15) is 0 Å². The molecule has 0 saturated heterocycles. The second kappa shape index (κ2) is 46.1. The number of nitrogens with one attached hydrogen (secondary N) is 14. The Balaban J connectivity index is 1.55. The quantitative estimate of drug-likeness (QED) is 0.0252. The minimum absolute atomic E-state index is 0.0739. The Hall–Kier alpha value is -10.2. The van der Waals surface area contributed by atoms with E-state index >= 15 is 0 Å². The van der Waals surface area contributed by atoms with Crippen LogP contribution in [0, 0.1) is 17.8 Å². The highest BCUT2D eigenvalue weighted by Crippen LogP contribution is 2.28. The van der Waals surface area contributed by atoms with Crippen LogP contribution >= 0.6 is 0 Å². The molecule has 598 valence electrons. The molecule has 2 aromatic carbocycles. The summed E-state index contributed by atoms with van der Waals surface area (Å²) in [6.07, 6.45) is 3.54. The number of carbonyl (C=O) groups excluding carboxylic acids is 13. The number of nitrogens with two attached hydrogens (primary N) is 4. The van der Waals surface area contributed by atoms with Gasteiger partial charge in [0.25, 0.3) is 0 Å². The predicted molar refractivity (Wildman–Crippen MR) is 393 cm³/mol. The molecule has 1 fully saturated rings. The monoisotopic (exact) mass is 1520 g/mol. The smallest absolute Gasteiger partial charge is 0.325 e. The van der Waals surface area contributed by atoms with Crippen LogP contribution in [0.15, 0.2) is 60.8 Å². The number of carbonyl (C=O) groups is 15. The molecule has 108 heavy (non-hydrogen) atoms. The van der Waals surface area contributed by atoms with E-state index in [2.05, 4.69) is 74.1 Å². The highest BCUT2D eigenvalue weighted by molar-refractivity contribution is 6.00. The summed E-state index contributed by atoms with van der Waals surface area (Å²) in [4.78, 5) is 207. The first kappa shape index (κ1) is 90.2. The summed E-state index contributed by atoms with van der Waals surface area (Å²) >= 11 is 0. The summed E-state index contributed by atoms with van der Waals surface area (Å²) < 4.78 is 0. The Morgan fingerprint density at radius 2 is 0.907 bits per heavy atom. The summed E-state index contributed by atoms with van der Waals surface area (Å²) in [5, 5.41) is 73.3. The van der Waals surface area contributed by atoms with Gasteiger partial charge in [0, 0.05) is 36.4 Å². The van der Waals surface area contributed by atoms with Gasteiger partial charge in [-0.15, -0.1) is 0 Å². The van der Waals surface area contributed by atoms with Crippen molar-refractivity contribution < 1.29 is 92.3 Å². The standard InChI is InChI=1S/C71H110N18O19/c1-7-38(4)58(70(106)78-40(6)71(107)108)89-66(102)51(31-42-18-12-9-13-19-42)85-61(97)46(22-23-56(93)94)80-64(100)50(30-41-16-10-8-11-17-41)84-63(99)49(26-29-74)81-62(98)48(25-28-73)82-68(104)54(36-91)87-65(101)52(32-43-33-76-45-21-15-14-20-44(43)45)86-67(103)53(35-90)79-55(92)34-77-60(96)47(24-27-72)83-69(105)57(37(2)3)88-59(95)39(5)75/h8,10-11,14-17,20-21,33,37-40,42,46-54,57-58,76,90-91H,7,9,12-13,18-19,22-32,34-36,72-75H2,1-6H3,(H,77,96)(H,78,106)(H,79,92)(H,80,100)(H,81,98)(H,82,104)(H,83,105)(H,84,99)(H,85,97)(H,86,103)(H,87,101)(H,88,95)(H,89,102)(H,93,94)(H,107,108)/t38-,39-,40-,46-,47+,48-,49+,50-,51?,52+,53+,54-,57+,58+/m0/s1. The number of carboxylic acid groups (broad SMARTS) is 2. The van der Waals surface area contributed by atoms with Crippen molar-refractivity contribution in [3.63, 3.8) is 0 Å². The first-order valence-corrected chi connectivity index (χ1v) is 36.3. The third kappa shape index (κ3) is 29.5. The molecule has 0 radical (unpaired) electrons. The van der Waals surface area contributed by atoms with Crippen molar-refractivity contribution in [2.45, 2.75) is 210 Å². The van der Waals surface area contributed by atoms with Crippen LogP contribution in [0.1, 0.15) is 130 Å². The lowest BCUT2D eigenvalue weighted by atomic mass is 9.84. The Bertz CT molecular complexity index is 3540. The molecule has 0 spiro atoms. The number of benzene rings is 2. The summed E-state index contributed by atoms with van der Waals surface area (Å²) in [7, 11) is 0. The molecule has 1 aromatic heterocycles. The second-order valence-corrected chi connectivity index (χ2v) is 27.3. The van der Waals surface area contributed by atoms with Gasteiger partial charge in [0.1, 0.15) is 72.5 Å². The fourth-order valence-corrected chi connectivity index (χ4v) is 11.9. The molecule has 0 aliphatic heterocycles. The fraction of sp³-hybridized carbons (Fsp3) is 0.592. The Morgan fingerprint density at radius 3 is 1.42 bits per heavy atom. The number of aliphatic hydroxyl groups excluding tert-OH is 2. The van der Waals surface area contributed by atoms with Crippen LogP contribution in [0.4, 0.5) is 0 Å². The van der Waals surface area contributed by atoms with Crippen molar-refractivity contribution in [3.05, 3.63) is 71.9 Å². The van der Waals surface area contributed by atoms with Gasteiger partial charge >= 0.3 is 11.9 Å². The van der Waals surface area contributed by atoms with Crippen molar-refractivity contribution >= 4 is 99.6 Å². The van der Waals surface area contributed by atoms with Crippen LogP contribution in [-0.2, 0) is 84.8 Å². The van der Waals surface area contributed by atoms with E-state index in [-0.39, 0.29) is 64.1 Å². The number of H-pyrrole nitrogens is 1. The summed E-state index contributed by atoms with van der Waals surface area (Å²) in [5.74, 6) is -16.0. The molecule has 37 heteroatoms. The van der Waals surface area contributed by atoms with Crippen LogP contribution in [-0.4, -0.2) is 232 Å². The number of amides is 13. The van der Waals surface area contributed by atoms with Gasteiger partial charge in [0.2, 0.25) is 76.8 Å². The van der Waals surface area contributed by atoms with Crippen molar-refractivity contribution in [2.75, 3.05) is 39.4 Å². The van der Waals surface area contributed by atoms with Crippen molar-refractivity contribution in [1.29, 1.82) is 0 Å². The van der Waals surface area contributed by atoms with E-state index in [1.165, 1.54) is 13.8 Å². The molecule has 1 unspecified atom stereocenters. The number of fused-ring (bicyclic) bond motifs is 1. The first-order chi connectivity index (χ1) is 51.3. The highest BCUT2D eigenvalue weighted by Gasteiger charge is 2.39. The number of hydrogen-bond acceptors (Lipinski definition) is 21. The molecular formula is C71H110N18O19. The Kier molecular flexibility index (Phi) is 38.5. The number of aliphatic carboxylic acids is 2. The van der Waals surface area contributed by atoms with Crippen LogP contribution in [0.5, 0.6) is 0 Å². The number of aromatic amines is 1. The van der Waals surface area contributed by atoms with Crippen molar-refractivity contribution in [2.24, 2.45) is 40.7 Å². The maximum Gasteiger partial charge on any atom is 0.325 e. The normalized spacial score (nSPS) is 16.1. The molecular weight excluding hydrogens is 1410 g/mol. The van der Waals surface area contributed by atoms with Gasteiger partial charge in [-0.1, -0.05) is 115 Å². The van der Waals surface area contributed by atoms with Gasteiger partial charge in [0.15, 0.2) is 0 Å². The van der Waals surface area contributed by atoms with Gasteiger partial charge < -0.3 is 117 Å². The topological polar surface area (TPSA) is 613 Å².